The molecule has 1 aliphatic heterocycles. The lowest BCUT2D eigenvalue weighted by Crippen LogP contribution is -2.25. The van der Waals surface area contributed by atoms with E-state index in [-0.39, 0.29) is 23.1 Å². The molecule has 2 heterocycles. The van der Waals surface area contributed by atoms with Gasteiger partial charge in [0.1, 0.15) is 0 Å². The maximum atomic E-state index is 13.3. The van der Waals surface area contributed by atoms with Crippen molar-refractivity contribution in [2.75, 3.05) is 11.9 Å². The van der Waals surface area contributed by atoms with Crippen molar-refractivity contribution in [1.29, 1.82) is 0 Å². The highest BCUT2D eigenvalue weighted by Crippen LogP contribution is 2.29. The van der Waals surface area contributed by atoms with Crippen LogP contribution in [0.5, 0.6) is 5.88 Å². The first kappa shape index (κ1) is 21.3. The molecule has 0 aliphatic carbocycles. The van der Waals surface area contributed by atoms with Crippen LogP contribution in [0.1, 0.15) is 22.3 Å². The number of carbonyl (C=O) groups excluding carboxylic acids is 1. The van der Waals surface area contributed by atoms with Gasteiger partial charge in [0.15, 0.2) is 5.71 Å². The lowest BCUT2D eigenvalue weighted by atomic mass is 10.1. The fourth-order valence-corrected chi connectivity index (χ4v) is 4.18. The molecule has 4 aromatic rings. The molecule has 0 radical (unpaired) electrons. The molecule has 1 aliphatic rings. The number of aromatic hydroxyl groups is 1. The molecule has 3 aromatic carbocycles. The zero-order chi connectivity index (χ0) is 24.0. The highest BCUT2D eigenvalue weighted by atomic mass is 16.3. The number of hydrogen-bond acceptors (Lipinski definition) is 5. The van der Waals surface area contributed by atoms with Crippen molar-refractivity contribution in [1.82, 2.24) is 4.57 Å². The minimum atomic E-state index is -0.332. The van der Waals surface area contributed by atoms with Gasteiger partial charge in [-0.15, -0.1) is 5.10 Å². The Labute approximate surface area is 195 Å². The predicted octanol–water partition coefficient (Wildman–Crippen LogP) is 4.11. The number of benzene rings is 3. The van der Waals surface area contributed by atoms with Gasteiger partial charge in [-0.3, -0.25) is 9.59 Å². The largest absolute Gasteiger partial charge is 0.494 e. The first-order valence-corrected chi connectivity index (χ1v) is 10.8. The number of fused-ring (bicyclic) bond motifs is 2. The molecule has 168 valence electrons. The monoisotopic (exact) mass is 450 g/mol. The van der Waals surface area contributed by atoms with Crippen LogP contribution in [-0.2, 0) is 4.79 Å². The molecule has 5 rings (SSSR count). The van der Waals surface area contributed by atoms with Crippen molar-refractivity contribution in [3.8, 4) is 11.6 Å². The van der Waals surface area contributed by atoms with Gasteiger partial charge in [-0.1, -0.05) is 42.5 Å². The third kappa shape index (κ3) is 3.29. The molecule has 7 heteroatoms. The van der Waals surface area contributed by atoms with Gasteiger partial charge in [-0.05, 0) is 49.2 Å². The molecule has 34 heavy (non-hydrogen) atoms. The maximum absolute atomic E-state index is 13.3. The molecular formula is C27H22N4O3. The number of aryl methyl sites for hydroxylation is 2. The van der Waals surface area contributed by atoms with Gasteiger partial charge in [-0.2, -0.15) is 5.10 Å². The Morgan fingerprint density at radius 3 is 2.35 bits per heavy atom. The molecule has 0 unspecified atom stereocenters. The van der Waals surface area contributed by atoms with Gasteiger partial charge in [-0.25, -0.2) is 4.57 Å². The summed E-state index contributed by atoms with van der Waals surface area (Å²) < 4.78 is 1.27. The predicted molar refractivity (Wildman–Crippen MR) is 135 cm³/mol. The van der Waals surface area contributed by atoms with Gasteiger partial charge < -0.3 is 10.0 Å². The summed E-state index contributed by atoms with van der Waals surface area (Å²) in [5.74, 6) is -0.501. The highest BCUT2D eigenvalue weighted by molar-refractivity contribution is 6.54. The van der Waals surface area contributed by atoms with Crippen LogP contribution in [0.3, 0.4) is 0 Å². The molecule has 0 fully saturated rings. The Kier molecular flexibility index (Phi) is 5.09. The van der Waals surface area contributed by atoms with E-state index in [1.54, 1.807) is 37.4 Å². The Morgan fingerprint density at radius 1 is 0.882 bits per heavy atom. The number of nitrogens with zero attached hydrogens (tertiary/aromatic N) is 4. The molecule has 1 N–H and O–H groups in total. The Bertz CT molecular complexity index is 1600. The summed E-state index contributed by atoms with van der Waals surface area (Å²) >= 11 is 0. The van der Waals surface area contributed by atoms with Gasteiger partial charge in [0, 0.05) is 23.4 Å². The van der Waals surface area contributed by atoms with E-state index < -0.39 is 0 Å². The summed E-state index contributed by atoms with van der Waals surface area (Å²) in [4.78, 5) is 27.5. The maximum Gasteiger partial charge on any atom is 0.279 e. The summed E-state index contributed by atoms with van der Waals surface area (Å²) in [6, 6.07) is 19.9. The van der Waals surface area contributed by atoms with Gasteiger partial charge in [0.05, 0.1) is 23.2 Å². The van der Waals surface area contributed by atoms with Crippen molar-refractivity contribution < 1.29 is 9.90 Å². The summed E-state index contributed by atoms with van der Waals surface area (Å²) in [5, 5.41) is 20.5. The van der Waals surface area contributed by atoms with Gasteiger partial charge in [0.25, 0.3) is 11.5 Å². The number of rotatable bonds is 3. The van der Waals surface area contributed by atoms with Gasteiger partial charge in [0.2, 0.25) is 5.88 Å². The quantitative estimate of drug-likeness (QED) is 0.376. The van der Waals surface area contributed by atoms with Crippen LogP contribution < -0.4 is 10.5 Å². The minimum absolute atomic E-state index is 0.223. The van der Waals surface area contributed by atoms with Crippen LogP contribution in [0, 0.1) is 13.8 Å². The fourth-order valence-electron chi connectivity index (χ4n) is 4.18. The minimum Gasteiger partial charge on any atom is -0.494 e. The molecule has 1 aromatic heterocycles. The van der Waals surface area contributed by atoms with E-state index in [1.165, 1.54) is 15.7 Å². The molecule has 0 spiro atoms. The van der Waals surface area contributed by atoms with Crippen LogP contribution in [0.25, 0.3) is 16.5 Å². The summed E-state index contributed by atoms with van der Waals surface area (Å²) in [6.07, 6.45) is 1.38. The summed E-state index contributed by atoms with van der Waals surface area (Å²) in [5.41, 5.74) is 4.33. The SMILES string of the molecule is Cc1ccc(-n2c(O)c(C=N/N=C3/C(=O)N(C)c4ccccc43)c3ccccc3c2=O)cc1C. The van der Waals surface area contributed by atoms with Gasteiger partial charge >= 0.3 is 0 Å². The Balaban J connectivity index is 1.68. The topological polar surface area (TPSA) is 87.3 Å². The van der Waals surface area contributed by atoms with Crippen molar-refractivity contribution in [2.45, 2.75) is 13.8 Å². The van der Waals surface area contributed by atoms with Crippen LogP contribution in [-0.4, -0.2) is 34.6 Å². The second kappa shape index (κ2) is 8.12. The number of likely N-dealkylation sites (N-methyl/N-ethyl adjacent to an activating group) is 1. The number of anilines is 1. The van der Waals surface area contributed by atoms with E-state index in [2.05, 4.69) is 10.2 Å². The van der Waals surface area contributed by atoms with E-state index in [9.17, 15) is 14.7 Å². The van der Waals surface area contributed by atoms with Crippen molar-refractivity contribution in [2.24, 2.45) is 10.2 Å². The number of carbonyl (C=O) groups is 1. The average Bonchev–Trinajstić information content (AvgIpc) is 3.08. The van der Waals surface area contributed by atoms with Crippen molar-refractivity contribution in [3.05, 3.63) is 99.3 Å². The molecular weight excluding hydrogens is 428 g/mol. The lowest BCUT2D eigenvalue weighted by Gasteiger charge is -2.14. The smallest absolute Gasteiger partial charge is 0.279 e. The summed E-state index contributed by atoms with van der Waals surface area (Å²) in [6.45, 7) is 3.94. The molecule has 0 saturated carbocycles. The fraction of sp³-hybridized carbons (Fsp3) is 0.111. The third-order valence-electron chi connectivity index (χ3n) is 6.22. The van der Waals surface area contributed by atoms with Crippen LogP contribution in [0.2, 0.25) is 0 Å². The highest BCUT2D eigenvalue weighted by Gasteiger charge is 2.31. The lowest BCUT2D eigenvalue weighted by molar-refractivity contribution is -0.111. The molecule has 1 amide bonds. The summed E-state index contributed by atoms with van der Waals surface area (Å²) in [7, 11) is 1.69. The number of aromatic nitrogens is 1. The first-order chi connectivity index (χ1) is 16.4. The van der Waals surface area contributed by atoms with Crippen molar-refractivity contribution >= 4 is 34.3 Å². The second-order valence-electron chi connectivity index (χ2n) is 8.27. The standard InChI is InChI=1S/C27H22N4O3/c1-16-12-13-18(14-17(16)2)31-25(32)20-9-5-4-8-19(20)22(26(31)33)15-28-29-24-21-10-6-7-11-23(21)30(3)27(24)34/h4-15,33H,1-3H3/b28-15?,29-24+. The van der Waals surface area contributed by atoms with E-state index in [0.29, 0.717) is 27.6 Å². The Morgan fingerprint density at radius 2 is 1.59 bits per heavy atom. The third-order valence-corrected chi connectivity index (χ3v) is 6.22. The second-order valence-corrected chi connectivity index (χ2v) is 8.27. The molecule has 0 saturated heterocycles. The van der Waals surface area contributed by atoms with Crippen LogP contribution in [0.15, 0.2) is 81.7 Å². The normalized spacial score (nSPS) is 14.5. The van der Waals surface area contributed by atoms with Crippen LogP contribution >= 0.6 is 0 Å². The zero-order valence-corrected chi connectivity index (χ0v) is 19.0. The van der Waals surface area contributed by atoms with E-state index in [0.717, 1.165) is 16.8 Å². The number of pyridine rings is 1. The van der Waals surface area contributed by atoms with E-state index in [4.69, 9.17) is 0 Å². The zero-order valence-electron chi connectivity index (χ0n) is 19.0. The average molecular weight is 450 g/mol. The van der Waals surface area contributed by atoms with E-state index >= 15 is 0 Å². The molecule has 7 nitrogen and oxygen atoms in total. The number of hydrogen-bond donors (Lipinski definition) is 1. The Hall–Kier alpha value is -4.52. The van der Waals surface area contributed by atoms with Crippen LogP contribution in [0.4, 0.5) is 5.69 Å². The number of amides is 1. The first-order valence-electron chi connectivity index (χ1n) is 10.8. The molecule has 0 atom stereocenters. The number of para-hydroxylation sites is 1. The molecule has 0 bridgehead atoms. The van der Waals surface area contributed by atoms with Crippen molar-refractivity contribution in [3.63, 3.8) is 0 Å². The van der Waals surface area contributed by atoms with E-state index in [1.807, 2.05) is 50.2 Å².